The Balaban J connectivity index is 0.00000300. The van der Waals surface area contributed by atoms with Crippen LogP contribution in [0.25, 0.3) is 10.2 Å². The maximum atomic E-state index is 12.9. The summed E-state index contributed by atoms with van der Waals surface area (Å²) in [6, 6.07) is 15.3. The topological polar surface area (TPSA) is 54.9 Å². The van der Waals surface area contributed by atoms with Gasteiger partial charge in [-0.25, -0.2) is 4.98 Å². The van der Waals surface area contributed by atoms with Gasteiger partial charge in [0.15, 0.2) is 5.13 Å². The van der Waals surface area contributed by atoms with Gasteiger partial charge >= 0.3 is 0 Å². The number of carbonyl (C=O) groups is 1. The molecular weight excluding hydrogens is 410 g/mol. The van der Waals surface area contributed by atoms with Gasteiger partial charge in [0, 0.05) is 13.1 Å². The van der Waals surface area contributed by atoms with Crippen LogP contribution in [-0.2, 0) is 4.79 Å². The van der Waals surface area contributed by atoms with E-state index in [1.54, 1.807) is 12.0 Å². The number of rotatable bonds is 9. The van der Waals surface area contributed by atoms with Crippen molar-refractivity contribution in [1.82, 2.24) is 9.88 Å². The molecule has 0 bridgehead atoms. The minimum absolute atomic E-state index is 0. The summed E-state index contributed by atoms with van der Waals surface area (Å²) in [6.45, 7) is 1.65. The molecule has 2 aromatic carbocycles. The highest BCUT2D eigenvalue weighted by Crippen LogP contribution is 2.34. The highest BCUT2D eigenvalue weighted by atomic mass is 35.5. The number of fused-ring (bicyclic) bond motifs is 1. The number of carbonyl (C=O) groups excluding carboxylic acids is 1. The number of thiazole rings is 1. The fraction of sp³-hybridized carbons (Fsp3) is 0.333. The molecule has 0 aliphatic heterocycles. The summed E-state index contributed by atoms with van der Waals surface area (Å²) < 4.78 is 12.1. The number of ether oxygens (including phenoxy) is 2. The van der Waals surface area contributed by atoms with Crippen molar-refractivity contribution < 1.29 is 14.3 Å². The Hall–Kier alpha value is -2.35. The van der Waals surface area contributed by atoms with E-state index in [0.29, 0.717) is 24.0 Å². The monoisotopic (exact) mass is 435 g/mol. The van der Waals surface area contributed by atoms with Crippen molar-refractivity contribution in [2.75, 3.05) is 45.8 Å². The van der Waals surface area contributed by atoms with E-state index in [2.05, 4.69) is 9.88 Å². The molecule has 0 unspecified atom stereocenters. The van der Waals surface area contributed by atoms with Crippen LogP contribution in [0.15, 0.2) is 48.5 Å². The summed E-state index contributed by atoms with van der Waals surface area (Å²) in [5.41, 5.74) is 0.785. The fourth-order valence-electron chi connectivity index (χ4n) is 2.73. The Kier molecular flexibility index (Phi) is 8.70. The van der Waals surface area contributed by atoms with Crippen molar-refractivity contribution in [2.45, 2.75) is 6.42 Å². The molecule has 1 amide bonds. The zero-order valence-electron chi connectivity index (χ0n) is 16.8. The van der Waals surface area contributed by atoms with Crippen molar-refractivity contribution in [3.05, 3.63) is 48.5 Å². The quantitative estimate of drug-likeness (QED) is 0.506. The highest BCUT2D eigenvalue weighted by Gasteiger charge is 2.21. The van der Waals surface area contributed by atoms with Crippen LogP contribution in [0.5, 0.6) is 11.5 Å². The molecule has 6 nitrogen and oxygen atoms in total. The average molecular weight is 436 g/mol. The number of hydrogen-bond acceptors (Lipinski definition) is 6. The van der Waals surface area contributed by atoms with Crippen LogP contribution in [0.3, 0.4) is 0 Å². The Morgan fingerprint density at radius 3 is 2.52 bits per heavy atom. The van der Waals surface area contributed by atoms with E-state index in [4.69, 9.17) is 9.47 Å². The number of nitrogens with zero attached hydrogens (tertiary/aromatic N) is 3. The van der Waals surface area contributed by atoms with Crippen molar-refractivity contribution >= 4 is 45.0 Å². The predicted octanol–water partition coefficient (Wildman–Crippen LogP) is 4.09. The first kappa shape index (κ1) is 22.9. The second-order valence-corrected chi connectivity index (χ2v) is 7.57. The van der Waals surface area contributed by atoms with Gasteiger partial charge in [0.05, 0.1) is 24.8 Å². The summed E-state index contributed by atoms with van der Waals surface area (Å²) in [5, 5.41) is 0.686. The zero-order chi connectivity index (χ0) is 19.9. The maximum Gasteiger partial charge on any atom is 0.232 e. The van der Waals surface area contributed by atoms with Crippen LogP contribution >= 0.6 is 23.7 Å². The molecule has 0 radical (unpaired) electrons. The van der Waals surface area contributed by atoms with Crippen LogP contribution in [-0.4, -0.2) is 56.7 Å². The Morgan fingerprint density at radius 2 is 1.83 bits per heavy atom. The van der Waals surface area contributed by atoms with Crippen molar-refractivity contribution in [3.63, 3.8) is 0 Å². The van der Waals surface area contributed by atoms with Gasteiger partial charge in [-0.1, -0.05) is 35.6 Å². The first-order valence-corrected chi connectivity index (χ1v) is 9.96. The fourth-order valence-corrected chi connectivity index (χ4v) is 3.75. The summed E-state index contributed by atoms with van der Waals surface area (Å²) >= 11 is 1.50. The molecule has 0 saturated carbocycles. The third-order valence-corrected chi connectivity index (χ3v) is 5.26. The number of para-hydroxylation sites is 2. The van der Waals surface area contributed by atoms with E-state index in [1.165, 1.54) is 11.3 Å². The molecular formula is C21H26ClN3O3S. The minimum atomic E-state index is -0.00389. The smallest absolute Gasteiger partial charge is 0.232 e. The number of likely N-dealkylation sites (N-methyl/N-ethyl adjacent to an activating group) is 1. The predicted molar refractivity (Wildman–Crippen MR) is 121 cm³/mol. The number of aromatic nitrogens is 1. The van der Waals surface area contributed by atoms with Gasteiger partial charge in [0.25, 0.3) is 0 Å². The van der Waals surface area contributed by atoms with Crippen LogP contribution in [0.2, 0.25) is 0 Å². The third kappa shape index (κ3) is 6.06. The van der Waals surface area contributed by atoms with Crippen LogP contribution in [0.4, 0.5) is 5.13 Å². The lowest BCUT2D eigenvalue weighted by Gasteiger charge is -2.22. The van der Waals surface area contributed by atoms with Gasteiger partial charge in [0.1, 0.15) is 17.0 Å². The Labute approximate surface area is 181 Å². The molecule has 0 aliphatic carbocycles. The first-order chi connectivity index (χ1) is 13.6. The molecule has 8 heteroatoms. The average Bonchev–Trinajstić information content (AvgIpc) is 3.12. The van der Waals surface area contributed by atoms with E-state index in [0.717, 1.165) is 22.5 Å². The molecule has 156 valence electrons. The molecule has 3 rings (SSSR count). The van der Waals surface area contributed by atoms with Gasteiger partial charge in [-0.05, 0) is 38.4 Å². The molecule has 0 aliphatic rings. The van der Waals surface area contributed by atoms with Gasteiger partial charge < -0.3 is 14.4 Å². The second-order valence-electron chi connectivity index (χ2n) is 6.56. The lowest BCUT2D eigenvalue weighted by Crippen LogP contribution is -2.37. The molecule has 0 fully saturated rings. The Bertz CT molecular complexity index is 918. The normalized spacial score (nSPS) is 10.6. The maximum absolute atomic E-state index is 12.9. The standard InChI is InChI=1S/C21H25N3O3S.ClH/c1-23(2)13-14-24(19(25)12-15-27-16-8-5-4-6-9-16)21-22-20-17(26-3)10-7-11-18(20)28-21;/h4-11H,12-15H2,1-3H3;1H. The zero-order valence-corrected chi connectivity index (χ0v) is 18.5. The van der Waals surface area contributed by atoms with Gasteiger partial charge in [-0.3, -0.25) is 9.69 Å². The lowest BCUT2D eigenvalue weighted by atomic mass is 10.3. The summed E-state index contributed by atoms with van der Waals surface area (Å²) in [4.78, 5) is 21.4. The highest BCUT2D eigenvalue weighted by molar-refractivity contribution is 7.22. The summed E-state index contributed by atoms with van der Waals surface area (Å²) in [6.07, 6.45) is 0.287. The van der Waals surface area contributed by atoms with E-state index < -0.39 is 0 Å². The number of benzene rings is 2. The molecule has 0 N–H and O–H groups in total. The number of methoxy groups -OCH3 is 1. The van der Waals surface area contributed by atoms with E-state index in [1.807, 2.05) is 62.6 Å². The van der Waals surface area contributed by atoms with E-state index in [-0.39, 0.29) is 24.7 Å². The summed E-state index contributed by atoms with van der Waals surface area (Å²) in [5.74, 6) is 1.48. The number of hydrogen-bond donors (Lipinski definition) is 0. The molecule has 29 heavy (non-hydrogen) atoms. The van der Waals surface area contributed by atoms with Crippen LogP contribution in [0, 0.1) is 0 Å². The van der Waals surface area contributed by atoms with Gasteiger partial charge in [-0.2, -0.15) is 0 Å². The molecule has 0 spiro atoms. The van der Waals surface area contributed by atoms with Gasteiger partial charge in [0.2, 0.25) is 5.91 Å². The largest absolute Gasteiger partial charge is 0.494 e. The van der Waals surface area contributed by atoms with Crippen molar-refractivity contribution in [2.24, 2.45) is 0 Å². The van der Waals surface area contributed by atoms with Crippen LogP contribution in [0.1, 0.15) is 6.42 Å². The lowest BCUT2D eigenvalue weighted by molar-refractivity contribution is -0.119. The molecule has 0 atom stereocenters. The molecule has 1 aromatic heterocycles. The van der Waals surface area contributed by atoms with E-state index in [9.17, 15) is 4.79 Å². The van der Waals surface area contributed by atoms with Crippen LogP contribution < -0.4 is 14.4 Å². The van der Waals surface area contributed by atoms with Gasteiger partial charge in [-0.15, -0.1) is 12.4 Å². The molecule has 0 saturated heterocycles. The number of amides is 1. The van der Waals surface area contributed by atoms with E-state index >= 15 is 0 Å². The van der Waals surface area contributed by atoms with Crippen molar-refractivity contribution in [3.8, 4) is 11.5 Å². The second kappa shape index (κ2) is 11.0. The SMILES string of the molecule is COc1cccc2sc(N(CCN(C)C)C(=O)CCOc3ccccc3)nc12.Cl. The summed E-state index contributed by atoms with van der Waals surface area (Å²) in [7, 11) is 5.61. The Morgan fingerprint density at radius 1 is 1.07 bits per heavy atom. The first-order valence-electron chi connectivity index (χ1n) is 9.15. The molecule has 1 heterocycles. The van der Waals surface area contributed by atoms with Crippen molar-refractivity contribution in [1.29, 1.82) is 0 Å². The third-order valence-electron chi connectivity index (χ3n) is 4.22. The minimum Gasteiger partial charge on any atom is -0.494 e. The number of halogens is 1. The molecule has 3 aromatic rings. The number of anilines is 1.